The molecular weight excluding hydrogens is 252 g/mol. The van der Waals surface area contributed by atoms with Crippen LogP contribution in [-0.4, -0.2) is 10.8 Å². The van der Waals surface area contributed by atoms with Crippen molar-refractivity contribution in [1.29, 1.82) is 0 Å². The van der Waals surface area contributed by atoms with Gasteiger partial charge in [0.25, 0.3) is 0 Å². The molecule has 0 radical (unpaired) electrons. The van der Waals surface area contributed by atoms with Crippen LogP contribution in [0, 0.1) is 0 Å². The van der Waals surface area contributed by atoms with Gasteiger partial charge < -0.3 is 5.73 Å². The van der Waals surface area contributed by atoms with E-state index in [1.165, 1.54) is 22.7 Å². The number of halogens is 1. The lowest BCUT2D eigenvalue weighted by Crippen LogP contribution is -2.02. The molecule has 2 rings (SSSR count). The van der Waals surface area contributed by atoms with Crippen molar-refractivity contribution in [3.05, 3.63) is 32.4 Å². The van der Waals surface area contributed by atoms with Crippen molar-refractivity contribution >= 4 is 45.2 Å². The largest absolute Gasteiger partial charge is 0.375 e. The number of ketones is 1. The van der Waals surface area contributed by atoms with Gasteiger partial charge in [0.1, 0.15) is 0 Å². The number of aromatic nitrogens is 1. The van der Waals surface area contributed by atoms with Crippen LogP contribution < -0.4 is 5.73 Å². The summed E-state index contributed by atoms with van der Waals surface area (Å²) in [5.41, 5.74) is 6.18. The van der Waals surface area contributed by atoms with E-state index < -0.39 is 0 Å². The maximum absolute atomic E-state index is 11.8. The standard InChI is InChI=1S/C9H7ClN2OS2/c10-6-1-2-14-8(6)7(13)3-5-4-15-9(11)12-5/h1-2,4H,3H2,(H2,11,12). The fourth-order valence-corrected chi connectivity index (χ4v) is 2.81. The maximum atomic E-state index is 11.8. The van der Waals surface area contributed by atoms with Crippen LogP contribution in [0.15, 0.2) is 16.8 Å². The number of hydrogen-bond donors (Lipinski definition) is 1. The van der Waals surface area contributed by atoms with Crippen molar-refractivity contribution in [2.75, 3.05) is 5.73 Å². The third-order valence-corrected chi connectivity index (χ3v) is 3.89. The van der Waals surface area contributed by atoms with Gasteiger partial charge in [-0.1, -0.05) is 11.6 Å². The molecule has 0 aliphatic heterocycles. The SMILES string of the molecule is Nc1nc(CC(=O)c2sccc2Cl)cs1. The van der Waals surface area contributed by atoms with Gasteiger partial charge in [-0.25, -0.2) is 4.98 Å². The number of thiazole rings is 1. The summed E-state index contributed by atoms with van der Waals surface area (Å²) in [5.74, 6) is -0.0136. The van der Waals surface area contributed by atoms with E-state index in [9.17, 15) is 4.79 Å². The van der Waals surface area contributed by atoms with E-state index in [0.717, 1.165) is 0 Å². The average molecular weight is 259 g/mol. The Labute approximate surface area is 99.5 Å². The summed E-state index contributed by atoms with van der Waals surface area (Å²) < 4.78 is 0. The lowest BCUT2D eigenvalue weighted by molar-refractivity contribution is 0.0996. The van der Waals surface area contributed by atoms with Crippen LogP contribution >= 0.6 is 34.3 Å². The highest BCUT2D eigenvalue weighted by molar-refractivity contribution is 7.13. The molecule has 2 aromatic heterocycles. The second kappa shape index (κ2) is 4.30. The molecule has 78 valence electrons. The molecule has 6 heteroatoms. The van der Waals surface area contributed by atoms with Crippen molar-refractivity contribution in [3.63, 3.8) is 0 Å². The molecule has 0 saturated heterocycles. The first kappa shape index (κ1) is 10.6. The number of nitrogens with zero attached hydrogens (tertiary/aromatic N) is 1. The number of anilines is 1. The molecule has 0 aromatic carbocycles. The van der Waals surface area contributed by atoms with Crippen molar-refractivity contribution in [3.8, 4) is 0 Å². The highest BCUT2D eigenvalue weighted by Gasteiger charge is 2.13. The van der Waals surface area contributed by atoms with E-state index in [-0.39, 0.29) is 12.2 Å². The molecule has 0 amide bonds. The zero-order valence-electron chi connectivity index (χ0n) is 7.57. The minimum atomic E-state index is -0.0136. The van der Waals surface area contributed by atoms with Gasteiger partial charge in [-0.05, 0) is 11.4 Å². The summed E-state index contributed by atoms with van der Waals surface area (Å²) >= 11 is 8.53. The molecule has 3 nitrogen and oxygen atoms in total. The summed E-state index contributed by atoms with van der Waals surface area (Å²) in [7, 11) is 0. The van der Waals surface area contributed by atoms with E-state index in [2.05, 4.69) is 4.98 Å². The zero-order chi connectivity index (χ0) is 10.8. The molecule has 0 aliphatic rings. The molecule has 0 spiro atoms. The van der Waals surface area contributed by atoms with Gasteiger partial charge in [0.15, 0.2) is 10.9 Å². The zero-order valence-corrected chi connectivity index (χ0v) is 9.96. The Bertz CT molecular complexity index is 492. The summed E-state index contributed by atoms with van der Waals surface area (Å²) in [5, 5.41) is 4.57. The third kappa shape index (κ3) is 2.37. The first-order chi connectivity index (χ1) is 7.16. The van der Waals surface area contributed by atoms with Gasteiger partial charge >= 0.3 is 0 Å². The number of nitrogen functional groups attached to an aromatic ring is 1. The predicted molar refractivity (Wildman–Crippen MR) is 63.9 cm³/mol. The first-order valence-electron chi connectivity index (χ1n) is 4.13. The second-order valence-corrected chi connectivity index (χ2v) is 5.09. The number of thiophene rings is 1. The number of carbonyl (C=O) groups excluding carboxylic acids is 1. The maximum Gasteiger partial charge on any atom is 0.180 e. The van der Waals surface area contributed by atoms with Crippen LogP contribution in [0.4, 0.5) is 5.13 Å². The number of nitrogens with two attached hydrogens (primary N) is 1. The molecule has 0 fully saturated rings. The summed E-state index contributed by atoms with van der Waals surface area (Å²) in [6.07, 6.45) is 0.258. The lowest BCUT2D eigenvalue weighted by atomic mass is 10.2. The van der Waals surface area contributed by atoms with E-state index in [0.29, 0.717) is 20.7 Å². The number of hydrogen-bond acceptors (Lipinski definition) is 5. The van der Waals surface area contributed by atoms with Crippen molar-refractivity contribution in [2.45, 2.75) is 6.42 Å². The smallest absolute Gasteiger partial charge is 0.180 e. The van der Waals surface area contributed by atoms with Crippen LogP contribution in [0.1, 0.15) is 15.4 Å². The quantitative estimate of drug-likeness (QED) is 0.862. The van der Waals surface area contributed by atoms with E-state index in [1.807, 2.05) is 0 Å². The van der Waals surface area contributed by atoms with E-state index in [4.69, 9.17) is 17.3 Å². The average Bonchev–Trinajstić information content (AvgIpc) is 2.75. The Kier molecular flexibility index (Phi) is 3.04. The Morgan fingerprint density at radius 2 is 2.33 bits per heavy atom. The summed E-state index contributed by atoms with van der Waals surface area (Å²) in [6, 6.07) is 1.72. The van der Waals surface area contributed by atoms with Crippen LogP contribution in [0.2, 0.25) is 5.02 Å². The van der Waals surface area contributed by atoms with Gasteiger partial charge in [-0.2, -0.15) is 0 Å². The molecule has 0 bridgehead atoms. The molecular formula is C9H7ClN2OS2. The van der Waals surface area contributed by atoms with Crippen LogP contribution in [0.25, 0.3) is 0 Å². The predicted octanol–water partition coefficient (Wildman–Crippen LogP) is 2.87. The highest BCUT2D eigenvalue weighted by atomic mass is 35.5. The topological polar surface area (TPSA) is 56.0 Å². The molecule has 15 heavy (non-hydrogen) atoms. The first-order valence-corrected chi connectivity index (χ1v) is 6.26. The van der Waals surface area contributed by atoms with Gasteiger partial charge in [-0.15, -0.1) is 22.7 Å². The fraction of sp³-hybridized carbons (Fsp3) is 0.111. The van der Waals surface area contributed by atoms with Crippen LogP contribution in [-0.2, 0) is 6.42 Å². The molecule has 2 aromatic rings. The third-order valence-electron chi connectivity index (χ3n) is 1.78. The van der Waals surface area contributed by atoms with Crippen molar-refractivity contribution in [1.82, 2.24) is 4.98 Å². The van der Waals surface area contributed by atoms with Gasteiger partial charge in [0.05, 0.1) is 22.0 Å². The molecule has 0 aliphatic carbocycles. The summed E-state index contributed by atoms with van der Waals surface area (Å²) in [4.78, 5) is 16.4. The Morgan fingerprint density at radius 3 is 2.87 bits per heavy atom. The van der Waals surface area contributed by atoms with Gasteiger partial charge in [0, 0.05) is 5.38 Å². The molecule has 0 saturated carbocycles. The van der Waals surface area contributed by atoms with Crippen molar-refractivity contribution < 1.29 is 4.79 Å². The molecule has 2 N–H and O–H groups in total. The van der Waals surface area contributed by atoms with Gasteiger partial charge in [-0.3, -0.25) is 4.79 Å². The highest BCUT2D eigenvalue weighted by Crippen LogP contribution is 2.24. The minimum absolute atomic E-state index is 0.0136. The lowest BCUT2D eigenvalue weighted by Gasteiger charge is -1.95. The van der Waals surface area contributed by atoms with Gasteiger partial charge in [0.2, 0.25) is 0 Å². The Hall–Kier alpha value is -0.910. The van der Waals surface area contributed by atoms with E-state index in [1.54, 1.807) is 16.8 Å². The summed E-state index contributed by atoms with van der Waals surface area (Å²) in [6.45, 7) is 0. The minimum Gasteiger partial charge on any atom is -0.375 e. The monoisotopic (exact) mass is 258 g/mol. The second-order valence-electron chi connectivity index (χ2n) is 2.87. The normalized spacial score (nSPS) is 10.5. The molecule has 0 atom stereocenters. The number of carbonyl (C=O) groups is 1. The molecule has 2 heterocycles. The van der Waals surface area contributed by atoms with Crippen molar-refractivity contribution in [2.24, 2.45) is 0 Å². The van der Waals surface area contributed by atoms with Crippen LogP contribution in [0.5, 0.6) is 0 Å². The number of rotatable bonds is 3. The van der Waals surface area contributed by atoms with E-state index >= 15 is 0 Å². The Balaban J connectivity index is 2.14. The number of Topliss-reactive ketones (excluding diaryl/α,β-unsaturated/α-hetero) is 1. The van der Waals surface area contributed by atoms with Crippen LogP contribution in [0.3, 0.4) is 0 Å². The molecule has 0 unspecified atom stereocenters. The fourth-order valence-electron chi connectivity index (χ4n) is 1.14. The Morgan fingerprint density at radius 1 is 1.53 bits per heavy atom.